The average Bonchev–Trinajstić information content (AvgIpc) is 2.76. The molecule has 2 amide bonds. The summed E-state index contributed by atoms with van der Waals surface area (Å²) in [5, 5.41) is 5.96. The first-order valence-electron chi connectivity index (χ1n) is 9.36. The van der Waals surface area contributed by atoms with Gasteiger partial charge in [0.05, 0.1) is 16.3 Å². The van der Waals surface area contributed by atoms with Crippen LogP contribution in [0.2, 0.25) is 5.02 Å². The van der Waals surface area contributed by atoms with E-state index in [1.54, 1.807) is 66.7 Å². The molecule has 3 N–H and O–H groups in total. The monoisotopic (exact) mass is 457 g/mol. The molecule has 0 aliphatic heterocycles. The Balaban J connectivity index is 1.58. The quantitative estimate of drug-likeness (QED) is 0.477. The molecule has 3 aromatic rings. The summed E-state index contributed by atoms with van der Waals surface area (Å²) in [6.45, 7) is -0.0671. The van der Waals surface area contributed by atoms with E-state index in [9.17, 15) is 18.0 Å². The fourth-order valence-electron chi connectivity index (χ4n) is 2.69. The van der Waals surface area contributed by atoms with Crippen LogP contribution in [0.5, 0.6) is 0 Å². The van der Waals surface area contributed by atoms with E-state index >= 15 is 0 Å². The van der Waals surface area contributed by atoms with Crippen molar-refractivity contribution in [2.24, 2.45) is 0 Å². The highest BCUT2D eigenvalue weighted by atomic mass is 35.5. The summed E-state index contributed by atoms with van der Waals surface area (Å²) in [4.78, 5) is 24.9. The molecule has 0 heterocycles. The number of halogens is 1. The summed E-state index contributed by atoms with van der Waals surface area (Å²) >= 11 is 5.84. The van der Waals surface area contributed by atoms with Crippen LogP contribution in [0.25, 0.3) is 0 Å². The lowest BCUT2D eigenvalue weighted by Gasteiger charge is -2.13. The van der Waals surface area contributed by atoms with Crippen LogP contribution in [0.1, 0.15) is 16.8 Å². The van der Waals surface area contributed by atoms with Crippen LogP contribution in [-0.2, 0) is 14.8 Å². The van der Waals surface area contributed by atoms with Crippen molar-refractivity contribution in [3.63, 3.8) is 0 Å². The molecular weight excluding hydrogens is 438 g/mol. The second kappa shape index (κ2) is 10.2. The lowest BCUT2D eigenvalue weighted by atomic mass is 10.2. The van der Waals surface area contributed by atoms with Crippen LogP contribution in [0.3, 0.4) is 0 Å². The fourth-order valence-corrected chi connectivity index (χ4v) is 3.87. The van der Waals surface area contributed by atoms with Gasteiger partial charge in [0.15, 0.2) is 0 Å². The van der Waals surface area contributed by atoms with Crippen molar-refractivity contribution < 1.29 is 18.0 Å². The number of nitrogens with one attached hydrogen (secondary N) is 3. The molecule has 0 radical (unpaired) electrons. The number of para-hydroxylation sites is 2. The van der Waals surface area contributed by atoms with Crippen molar-refractivity contribution in [1.29, 1.82) is 0 Å². The molecule has 31 heavy (non-hydrogen) atoms. The molecule has 0 bridgehead atoms. The molecule has 0 fully saturated rings. The number of carbonyl (C=O) groups excluding carboxylic acids is 2. The van der Waals surface area contributed by atoms with Crippen molar-refractivity contribution >= 4 is 44.8 Å². The van der Waals surface area contributed by atoms with Gasteiger partial charge in [-0.25, -0.2) is 13.1 Å². The third-order valence-electron chi connectivity index (χ3n) is 4.25. The maximum absolute atomic E-state index is 12.4. The largest absolute Gasteiger partial charge is 0.324 e. The molecule has 3 aromatic carbocycles. The van der Waals surface area contributed by atoms with Gasteiger partial charge >= 0.3 is 0 Å². The second-order valence-electron chi connectivity index (χ2n) is 6.52. The molecule has 0 aromatic heterocycles. The van der Waals surface area contributed by atoms with Crippen LogP contribution < -0.4 is 15.4 Å². The molecule has 160 valence electrons. The number of anilines is 2. The van der Waals surface area contributed by atoms with Crippen molar-refractivity contribution in [2.45, 2.75) is 11.3 Å². The molecule has 0 atom stereocenters. The maximum atomic E-state index is 12.4. The van der Waals surface area contributed by atoms with E-state index in [1.807, 2.05) is 0 Å². The lowest BCUT2D eigenvalue weighted by Crippen LogP contribution is -2.28. The van der Waals surface area contributed by atoms with E-state index in [0.717, 1.165) is 0 Å². The van der Waals surface area contributed by atoms with Gasteiger partial charge in [-0.05, 0) is 48.5 Å². The number of hydrogen-bond donors (Lipinski definition) is 3. The molecule has 0 unspecified atom stereocenters. The first-order valence-corrected chi connectivity index (χ1v) is 11.2. The molecule has 3 rings (SSSR count). The Morgan fingerprint density at radius 2 is 1.35 bits per heavy atom. The number of carbonyl (C=O) groups is 2. The molecule has 7 nitrogen and oxygen atoms in total. The minimum atomic E-state index is -3.68. The zero-order valence-electron chi connectivity index (χ0n) is 16.3. The minimum absolute atomic E-state index is 0.0671. The second-order valence-corrected chi connectivity index (χ2v) is 8.72. The topological polar surface area (TPSA) is 104 Å². The predicted octanol–water partition coefficient (Wildman–Crippen LogP) is 3.90. The van der Waals surface area contributed by atoms with Crippen molar-refractivity contribution in [3.05, 3.63) is 89.4 Å². The zero-order chi connectivity index (χ0) is 22.3. The summed E-state index contributed by atoms with van der Waals surface area (Å²) in [5.41, 5.74) is 1.24. The minimum Gasteiger partial charge on any atom is -0.324 e. The van der Waals surface area contributed by atoms with Gasteiger partial charge in [0.25, 0.3) is 5.91 Å². The van der Waals surface area contributed by atoms with Gasteiger partial charge < -0.3 is 10.6 Å². The van der Waals surface area contributed by atoms with Crippen LogP contribution in [-0.4, -0.2) is 26.8 Å². The summed E-state index contributed by atoms with van der Waals surface area (Å²) in [6, 6.07) is 21.1. The summed E-state index contributed by atoms with van der Waals surface area (Å²) < 4.78 is 26.8. The summed E-state index contributed by atoms with van der Waals surface area (Å²) in [7, 11) is -3.68. The summed E-state index contributed by atoms with van der Waals surface area (Å²) in [6.07, 6.45) is -0.0778. The highest BCUT2D eigenvalue weighted by Crippen LogP contribution is 2.22. The van der Waals surface area contributed by atoms with E-state index in [2.05, 4.69) is 15.4 Å². The molecule has 0 saturated heterocycles. The zero-order valence-corrected chi connectivity index (χ0v) is 17.9. The Hall–Kier alpha value is -3.20. The highest BCUT2D eigenvalue weighted by molar-refractivity contribution is 7.89. The Kier molecular flexibility index (Phi) is 7.41. The smallest absolute Gasteiger partial charge is 0.255 e. The number of rotatable bonds is 8. The van der Waals surface area contributed by atoms with Gasteiger partial charge in [0.1, 0.15) is 0 Å². The van der Waals surface area contributed by atoms with E-state index < -0.39 is 15.9 Å². The van der Waals surface area contributed by atoms with Crippen LogP contribution in [0.4, 0.5) is 11.4 Å². The standard InChI is InChI=1S/C22H20ClN3O4S/c23-17-12-10-16(11-13-17)22(28)26-20-9-5-4-8-19(20)25-21(27)14-15-24-31(29,30)18-6-2-1-3-7-18/h1-13,24H,14-15H2,(H,25,27)(H,26,28). The molecule has 9 heteroatoms. The lowest BCUT2D eigenvalue weighted by molar-refractivity contribution is -0.116. The van der Waals surface area contributed by atoms with E-state index in [-0.39, 0.29) is 23.8 Å². The molecule has 0 aliphatic rings. The van der Waals surface area contributed by atoms with Crippen molar-refractivity contribution in [3.8, 4) is 0 Å². The Bertz CT molecular complexity index is 1170. The van der Waals surface area contributed by atoms with E-state index in [4.69, 9.17) is 11.6 Å². The van der Waals surface area contributed by atoms with Gasteiger partial charge in [-0.1, -0.05) is 41.9 Å². The third kappa shape index (κ3) is 6.39. The highest BCUT2D eigenvalue weighted by Gasteiger charge is 2.14. The first-order chi connectivity index (χ1) is 14.8. The SMILES string of the molecule is O=C(CCNS(=O)(=O)c1ccccc1)Nc1ccccc1NC(=O)c1ccc(Cl)cc1. The molecule has 0 spiro atoms. The Morgan fingerprint density at radius 3 is 2.00 bits per heavy atom. The number of sulfonamides is 1. The third-order valence-corrected chi connectivity index (χ3v) is 5.98. The average molecular weight is 458 g/mol. The van der Waals surface area contributed by atoms with Crippen LogP contribution in [0.15, 0.2) is 83.8 Å². The van der Waals surface area contributed by atoms with Gasteiger partial charge in [-0.3, -0.25) is 9.59 Å². The van der Waals surface area contributed by atoms with Crippen molar-refractivity contribution in [2.75, 3.05) is 17.2 Å². The molecule has 0 aliphatic carbocycles. The van der Waals surface area contributed by atoms with Gasteiger partial charge in [0, 0.05) is 23.6 Å². The van der Waals surface area contributed by atoms with Gasteiger partial charge in [-0.15, -0.1) is 0 Å². The van der Waals surface area contributed by atoms with Crippen LogP contribution in [0, 0.1) is 0 Å². The van der Waals surface area contributed by atoms with Crippen LogP contribution >= 0.6 is 11.6 Å². The normalized spacial score (nSPS) is 11.0. The Labute approximate surface area is 185 Å². The molecular formula is C22H20ClN3O4S. The maximum Gasteiger partial charge on any atom is 0.255 e. The fraction of sp³-hybridized carbons (Fsp3) is 0.0909. The summed E-state index contributed by atoms with van der Waals surface area (Å²) in [5.74, 6) is -0.752. The van der Waals surface area contributed by atoms with E-state index in [1.165, 1.54) is 12.1 Å². The van der Waals surface area contributed by atoms with E-state index in [0.29, 0.717) is 22.0 Å². The number of hydrogen-bond acceptors (Lipinski definition) is 4. The van der Waals surface area contributed by atoms with Gasteiger partial charge in [-0.2, -0.15) is 0 Å². The van der Waals surface area contributed by atoms with Gasteiger partial charge in [0.2, 0.25) is 15.9 Å². The molecule has 0 saturated carbocycles. The van der Waals surface area contributed by atoms with Crippen molar-refractivity contribution in [1.82, 2.24) is 4.72 Å². The number of amides is 2. The predicted molar refractivity (Wildman–Crippen MR) is 121 cm³/mol. The first kappa shape index (κ1) is 22.5. The number of benzene rings is 3. The Morgan fingerprint density at radius 1 is 0.774 bits per heavy atom.